The zero-order valence-electron chi connectivity index (χ0n) is 11.3. The predicted molar refractivity (Wildman–Crippen MR) is 78.4 cm³/mol. The largest absolute Gasteiger partial charge is 0.354 e. The Morgan fingerprint density at radius 3 is 3.05 bits per heavy atom. The van der Waals surface area contributed by atoms with Crippen LogP contribution in [0.4, 0.5) is 5.82 Å². The van der Waals surface area contributed by atoms with E-state index in [1.165, 1.54) is 0 Å². The monoisotopic (exact) mass is 267 g/mol. The maximum Gasteiger partial charge on any atom is 0.151 e. The van der Waals surface area contributed by atoms with Crippen molar-refractivity contribution >= 4 is 5.82 Å². The Morgan fingerprint density at radius 1 is 1.20 bits per heavy atom. The minimum absolute atomic E-state index is 0.664. The molecule has 1 aromatic heterocycles. The summed E-state index contributed by atoms with van der Waals surface area (Å²) in [5.74, 6) is 0.978. The molecule has 5 heteroatoms. The lowest BCUT2D eigenvalue weighted by molar-refractivity contribution is 0.724. The summed E-state index contributed by atoms with van der Waals surface area (Å²) >= 11 is 0. The van der Waals surface area contributed by atoms with Crippen molar-refractivity contribution < 1.29 is 0 Å². The molecule has 2 heterocycles. The maximum atomic E-state index is 8.96. The number of H-pyrrole nitrogens is 1. The average Bonchev–Trinajstić information content (AvgIpc) is 2.83. The molecule has 0 bridgehead atoms. The molecule has 1 saturated heterocycles. The maximum absolute atomic E-state index is 8.96. The molecule has 102 valence electrons. The Hall–Kier alpha value is -2.32. The Kier molecular flexibility index (Phi) is 3.66. The van der Waals surface area contributed by atoms with E-state index in [2.05, 4.69) is 32.5 Å². The second-order valence-electron chi connectivity index (χ2n) is 4.92. The van der Waals surface area contributed by atoms with Crippen LogP contribution in [0.15, 0.2) is 30.3 Å². The number of benzene rings is 1. The average molecular weight is 267 g/mol. The standard InChI is InChI=1S/C15H17N5/c16-11-12-3-1-4-13(9-12)14-10-15(19-18-14)20-7-2-5-17-6-8-20/h1,3-4,9-10,17H,2,5-8H2,(H,18,19). The van der Waals surface area contributed by atoms with Gasteiger partial charge in [0.1, 0.15) is 0 Å². The molecule has 1 aliphatic heterocycles. The first kappa shape index (κ1) is 12.7. The highest BCUT2D eigenvalue weighted by Gasteiger charge is 2.13. The summed E-state index contributed by atoms with van der Waals surface area (Å²) in [5, 5.41) is 19.8. The molecule has 0 unspecified atom stereocenters. The van der Waals surface area contributed by atoms with Crippen LogP contribution in [-0.4, -0.2) is 36.4 Å². The molecule has 3 rings (SSSR count). The normalized spacial score (nSPS) is 15.7. The molecule has 0 radical (unpaired) electrons. The number of nitriles is 1. The Balaban J connectivity index is 1.84. The Morgan fingerprint density at radius 2 is 2.15 bits per heavy atom. The molecule has 0 aliphatic carbocycles. The van der Waals surface area contributed by atoms with Crippen molar-refractivity contribution in [3.05, 3.63) is 35.9 Å². The van der Waals surface area contributed by atoms with Crippen molar-refractivity contribution in [2.75, 3.05) is 31.1 Å². The van der Waals surface area contributed by atoms with Gasteiger partial charge >= 0.3 is 0 Å². The van der Waals surface area contributed by atoms with Gasteiger partial charge in [-0.1, -0.05) is 12.1 Å². The zero-order valence-corrected chi connectivity index (χ0v) is 11.3. The molecule has 20 heavy (non-hydrogen) atoms. The minimum Gasteiger partial charge on any atom is -0.354 e. The molecule has 0 amide bonds. The number of nitrogens with zero attached hydrogens (tertiary/aromatic N) is 3. The van der Waals surface area contributed by atoms with Gasteiger partial charge in [-0.25, -0.2) is 0 Å². The highest BCUT2D eigenvalue weighted by molar-refractivity contribution is 5.64. The van der Waals surface area contributed by atoms with E-state index in [1.807, 2.05) is 18.2 Å². The van der Waals surface area contributed by atoms with Crippen molar-refractivity contribution in [2.45, 2.75) is 6.42 Å². The van der Waals surface area contributed by atoms with Crippen molar-refractivity contribution in [3.8, 4) is 17.3 Å². The molecule has 0 atom stereocenters. The quantitative estimate of drug-likeness (QED) is 0.870. The molecular formula is C15H17N5. The van der Waals surface area contributed by atoms with Gasteiger partial charge in [-0.15, -0.1) is 0 Å². The van der Waals surface area contributed by atoms with Crippen molar-refractivity contribution in [3.63, 3.8) is 0 Å². The second-order valence-corrected chi connectivity index (χ2v) is 4.92. The van der Waals surface area contributed by atoms with Crippen molar-refractivity contribution in [1.82, 2.24) is 15.5 Å². The van der Waals surface area contributed by atoms with Gasteiger partial charge in [0, 0.05) is 31.3 Å². The van der Waals surface area contributed by atoms with Crippen LogP contribution in [0, 0.1) is 11.3 Å². The third-order valence-corrected chi connectivity index (χ3v) is 3.53. The topological polar surface area (TPSA) is 67.7 Å². The van der Waals surface area contributed by atoms with Crippen LogP contribution in [0.2, 0.25) is 0 Å². The third-order valence-electron chi connectivity index (χ3n) is 3.53. The molecule has 0 saturated carbocycles. The number of hydrogen-bond donors (Lipinski definition) is 2. The lowest BCUT2D eigenvalue weighted by Gasteiger charge is -2.18. The summed E-state index contributed by atoms with van der Waals surface area (Å²) in [7, 11) is 0. The first-order valence-corrected chi connectivity index (χ1v) is 6.88. The third kappa shape index (κ3) is 2.65. The molecule has 2 N–H and O–H groups in total. The zero-order chi connectivity index (χ0) is 13.8. The molecular weight excluding hydrogens is 250 g/mol. The second kappa shape index (κ2) is 5.76. The van der Waals surface area contributed by atoms with E-state index in [1.54, 1.807) is 6.07 Å². The summed E-state index contributed by atoms with van der Waals surface area (Å²) in [5.41, 5.74) is 2.61. The van der Waals surface area contributed by atoms with Gasteiger partial charge in [-0.2, -0.15) is 10.4 Å². The van der Waals surface area contributed by atoms with Crippen molar-refractivity contribution in [1.29, 1.82) is 5.26 Å². The van der Waals surface area contributed by atoms with Gasteiger partial charge in [0.15, 0.2) is 5.82 Å². The van der Waals surface area contributed by atoms with Crippen LogP contribution in [0.25, 0.3) is 11.3 Å². The van der Waals surface area contributed by atoms with E-state index in [4.69, 9.17) is 5.26 Å². The number of anilines is 1. The number of rotatable bonds is 2. The van der Waals surface area contributed by atoms with Gasteiger partial charge in [0.2, 0.25) is 0 Å². The van der Waals surface area contributed by atoms with Crippen LogP contribution in [0.5, 0.6) is 0 Å². The Labute approximate surface area is 118 Å². The number of aromatic amines is 1. The molecule has 5 nitrogen and oxygen atoms in total. The highest BCUT2D eigenvalue weighted by Crippen LogP contribution is 2.22. The predicted octanol–water partition coefficient (Wildman–Crippen LogP) is 1.75. The van der Waals surface area contributed by atoms with E-state index >= 15 is 0 Å². The summed E-state index contributed by atoms with van der Waals surface area (Å²) < 4.78 is 0. The van der Waals surface area contributed by atoms with E-state index in [0.29, 0.717) is 5.56 Å². The van der Waals surface area contributed by atoms with Crippen LogP contribution in [0.1, 0.15) is 12.0 Å². The number of nitrogens with one attached hydrogen (secondary N) is 2. The van der Waals surface area contributed by atoms with Gasteiger partial charge in [0.05, 0.1) is 17.3 Å². The number of hydrogen-bond acceptors (Lipinski definition) is 4. The first-order valence-electron chi connectivity index (χ1n) is 6.88. The fourth-order valence-corrected chi connectivity index (χ4v) is 2.45. The smallest absolute Gasteiger partial charge is 0.151 e. The molecule has 1 aliphatic rings. The van der Waals surface area contributed by atoms with E-state index in [9.17, 15) is 0 Å². The first-order chi connectivity index (χ1) is 9.86. The van der Waals surface area contributed by atoms with Crippen LogP contribution >= 0.6 is 0 Å². The van der Waals surface area contributed by atoms with Crippen LogP contribution < -0.4 is 10.2 Å². The van der Waals surface area contributed by atoms with E-state index in [0.717, 1.165) is 49.7 Å². The highest BCUT2D eigenvalue weighted by atomic mass is 15.3. The van der Waals surface area contributed by atoms with Crippen LogP contribution in [-0.2, 0) is 0 Å². The Bertz CT molecular complexity index is 617. The molecule has 1 fully saturated rings. The molecule has 0 spiro atoms. The minimum atomic E-state index is 0.664. The van der Waals surface area contributed by atoms with Gasteiger partial charge < -0.3 is 10.2 Å². The SMILES string of the molecule is N#Cc1cccc(-c2cc(N3CCCNCC3)n[nH]2)c1. The number of aromatic nitrogens is 2. The summed E-state index contributed by atoms with van der Waals surface area (Å²) in [6.07, 6.45) is 1.13. The van der Waals surface area contributed by atoms with Gasteiger partial charge in [-0.3, -0.25) is 5.10 Å². The summed E-state index contributed by atoms with van der Waals surface area (Å²) in [6.45, 7) is 4.06. The summed E-state index contributed by atoms with van der Waals surface area (Å²) in [6, 6.07) is 11.8. The molecule has 1 aromatic carbocycles. The van der Waals surface area contributed by atoms with E-state index in [-0.39, 0.29) is 0 Å². The van der Waals surface area contributed by atoms with E-state index < -0.39 is 0 Å². The summed E-state index contributed by atoms with van der Waals surface area (Å²) in [4.78, 5) is 2.29. The fourth-order valence-electron chi connectivity index (χ4n) is 2.45. The fraction of sp³-hybridized carbons (Fsp3) is 0.333. The lowest BCUT2D eigenvalue weighted by atomic mass is 10.1. The van der Waals surface area contributed by atoms with Crippen molar-refractivity contribution in [2.24, 2.45) is 0 Å². The molecule has 2 aromatic rings. The van der Waals surface area contributed by atoms with Gasteiger partial charge in [0.25, 0.3) is 0 Å². The lowest BCUT2D eigenvalue weighted by Crippen LogP contribution is -2.28. The van der Waals surface area contributed by atoms with Crippen LogP contribution in [0.3, 0.4) is 0 Å². The van der Waals surface area contributed by atoms with Gasteiger partial charge in [-0.05, 0) is 25.1 Å².